The number of ether oxygens (including phenoxy) is 1. The first-order valence-corrected chi connectivity index (χ1v) is 22.2. The normalized spacial score (nSPS) is 11.0. The predicted octanol–water partition coefficient (Wildman–Crippen LogP) is 16.9. The van der Waals surface area contributed by atoms with E-state index >= 15 is 0 Å². The van der Waals surface area contributed by atoms with Gasteiger partial charge in [0.05, 0.1) is 26.7 Å². The number of halogens is 14. The lowest BCUT2D eigenvalue weighted by Gasteiger charge is -2.17. The molecule has 0 atom stereocenters. The Balaban J connectivity index is 0.000000427. The average molecular weight is 1450 g/mol. The molecular weight excluding hydrogens is 1440 g/mol. The summed E-state index contributed by atoms with van der Waals surface area (Å²) in [6, 6.07) is 8.49. The topological polar surface area (TPSA) is 60.4 Å². The quantitative estimate of drug-likeness (QED) is 0.0782. The molecule has 5 aromatic rings. The summed E-state index contributed by atoms with van der Waals surface area (Å²) in [7, 11) is 0. The first-order chi connectivity index (χ1) is 22.0. The Bertz CT molecular complexity index is 2030. The van der Waals surface area contributed by atoms with Gasteiger partial charge in [0.25, 0.3) is 0 Å². The molecule has 18 heteroatoms. The van der Waals surface area contributed by atoms with E-state index in [4.69, 9.17) is 27.9 Å². The molecule has 5 aromatic carbocycles. The maximum absolute atomic E-state index is 13.6. The van der Waals surface area contributed by atoms with Gasteiger partial charge in [-0.25, -0.2) is 9.59 Å². The first kappa shape index (κ1) is 41.5. The minimum Gasteiger partial charge on any atom is -0.386 e. The van der Waals surface area contributed by atoms with Gasteiger partial charge >= 0.3 is 11.9 Å². The van der Waals surface area contributed by atoms with Gasteiger partial charge in [-0.3, -0.25) is 4.79 Å². The molecule has 244 valence electrons. The third kappa shape index (κ3) is 8.31. The van der Waals surface area contributed by atoms with Gasteiger partial charge in [0, 0.05) is 75.2 Å². The molecule has 47 heavy (non-hydrogen) atoms. The second kappa shape index (κ2) is 17.3. The molecule has 0 aromatic heterocycles. The Morgan fingerprint density at radius 1 is 0.532 bits per heavy atom. The Labute approximate surface area is 378 Å². The molecule has 0 radical (unpaired) electrons. The monoisotopic (exact) mass is 1430 g/mol. The van der Waals surface area contributed by atoms with E-state index in [1.54, 1.807) is 30.3 Å². The van der Waals surface area contributed by atoms with E-state index in [2.05, 4.69) is 191 Å². The summed E-state index contributed by atoms with van der Waals surface area (Å²) in [6.45, 7) is 0. The molecule has 0 unspecified atom stereocenters. The predicted molar refractivity (Wildman–Crippen MR) is 232 cm³/mol. The summed E-state index contributed by atoms with van der Waals surface area (Å²) in [5.74, 6) is -1.66. The summed E-state index contributed by atoms with van der Waals surface area (Å²) in [5, 5.41) is 3.31. The maximum Gasteiger partial charge on any atom is 0.347 e. The largest absolute Gasteiger partial charge is 0.386 e. The lowest BCUT2D eigenvalue weighted by atomic mass is 10.0. The molecule has 0 spiro atoms. The second-order valence-corrected chi connectivity index (χ2v) is 19.3. The van der Waals surface area contributed by atoms with E-state index in [0.717, 1.165) is 8.95 Å². The lowest BCUT2D eigenvalue weighted by molar-refractivity contribution is 0.0399. The summed E-state index contributed by atoms with van der Waals surface area (Å²) in [4.78, 5) is 37.5. The van der Waals surface area contributed by atoms with Crippen LogP contribution in [0.1, 0.15) is 31.1 Å². The van der Waals surface area contributed by atoms with E-state index in [0.29, 0.717) is 88.2 Å². The van der Waals surface area contributed by atoms with Crippen molar-refractivity contribution in [3.05, 3.63) is 111 Å². The molecule has 0 aliphatic heterocycles. The van der Waals surface area contributed by atoms with Gasteiger partial charge in [0.1, 0.15) is 0 Å². The number of carbonyl (C=O) groups excluding carboxylic acids is 3. The SMILES string of the molecule is O=C(OC(=O)c1c(Br)c(Br)c(Br)c2c(Br)c(Br)c(Br)cc12)c1c(Br)c(Br)c(Br)c2c(Br)c(Br)c(Br)cc12.O=Cc1c(Cl)cccc1Cl. The fourth-order valence-electron chi connectivity index (χ4n) is 4.09. The summed E-state index contributed by atoms with van der Waals surface area (Å²) in [5.41, 5.74) is 0.703. The van der Waals surface area contributed by atoms with Crippen LogP contribution < -0.4 is 0 Å². The van der Waals surface area contributed by atoms with Gasteiger partial charge in [0.15, 0.2) is 6.29 Å². The smallest absolute Gasteiger partial charge is 0.347 e. The molecule has 5 rings (SSSR count). The van der Waals surface area contributed by atoms with Crippen LogP contribution >= 0.6 is 214 Å². The fourth-order valence-corrected chi connectivity index (χ4v) is 12.1. The van der Waals surface area contributed by atoms with E-state index in [9.17, 15) is 14.4 Å². The molecule has 0 saturated heterocycles. The number of hydrogen-bond acceptors (Lipinski definition) is 4. The molecule has 0 heterocycles. The van der Waals surface area contributed by atoms with Crippen LogP contribution in [0.15, 0.2) is 84.0 Å². The summed E-state index contributed by atoms with van der Waals surface area (Å²) >= 11 is 53.7. The highest BCUT2D eigenvalue weighted by Crippen LogP contribution is 2.49. The van der Waals surface area contributed by atoms with Crippen molar-refractivity contribution in [3.8, 4) is 0 Å². The number of benzene rings is 5. The van der Waals surface area contributed by atoms with Gasteiger partial charge in [-0.1, -0.05) is 29.3 Å². The Kier molecular flexibility index (Phi) is 15.3. The van der Waals surface area contributed by atoms with E-state index in [1.165, 1.54) is 0 Å². The molecule has 0 bridgehead atoms. The van der Waals surface area contributed by atoms with Crippen LogP contribution in [0.3, 0.4) is 0 Å². The Morgan fingerprint density at radius 2 is 0.872 bits per heavy atom. The number of carbonyl (C=O) groups is 3. The Morgan fingerprint density at radius 3 is 1.19 bits per heavy atom. The fraction of sp³-hybridized carbons (Fsp3) is 0. The molecule has 4 nitrogen and oxygen atoms in total. The maximum atomic E-state index is 13.6. The summed E-state index contributed by atoms with van der Waals surface area (Å²) in [6.07, 6.45) is 0.644. The molecule has 0 amide bonds. The molecular formula is C29H6Br12Cl2O4. The van der Waals surface area contributed by atoms with E-state index < -0.39 is 11.9 Å². The lowest BCUT2D eigenvalue weighted by Crippen LogP contribution is -2.15. The van der Waals surface area contributed by atoms with Crippen molar-refractivity contribution in [2.24, 2.45) is 0 Å². The Hall–Kier alpha value is 1.77. The number of aldehydes is 1. The van der Waals surface area contributed by atoms with E-state index in [1.807, 2.05) is 0 Å². The minimum absolute atomic E-state index is 0.175. The van der Waals surface area contributed by atoms with E-state index in [-0.39, 0.29) is 11.1 Å². The van der Waals surface area contributed by atoms with Gasteiger partial charge < -0.3 is 4.74 Å². The van der Waals surface area contributed by atoms with Gasteiger partial charge in [-0.05, 0) is 215 Å². The average Bonchev–Trinajstić information content (AvgIpc) is 3.00. The zero-order valence-corrected chi connectivity index (χ0v) is 42.4. The van der Waals surface area contributed by atoms with Crippen molar-refractivity contribution in [2.45, 2.75) is 0 Å². The van der Waals surface area contributed by atoms with Crippen LogP contribution in [0.4, 0.5) is 0 Å². The van der Waals surface area contributed by atoms with Crippen LogP contribution in [0.5, 0.6) is 0 Å². The molecule has 0 saturated carbocycles. The third-order valence-electron chi connectivity index (χ3n) is 6.22. The highest BCUT2D eigenvalue weighted by atomic mass is 79.9. The number of esters is 2. The van der Waals surface area contributed by atoms with Crippen molar-refractivity contribution < 1.29 is 19.1 Å². The van der Waals surface area contributed by atoms with Crippen LogP contribution in [0.25, 0.3) is 21.5 Å². The van der Waals surface area contributed by atoms with Crippen molar-refractivity contribution >= 4 is 254 Å². The third-order valence-corrected chi connectivity index (χ3v) is 20.4. The number of hydrogen-bond donors (Lipinski definition) is 0. The molecule has 0 fully saturated rings. The molecule has 0 aliphatic carbocycles. The van der Waals surface area contributed by atoms with Gasteiger partial charge in [0.2, 0.25) is 0 Å². The highest BCUT2D eigenvalue weighted by Gasteiger charge is 2.30. The van der Waals surface area contributed by atoms with Crippen molar-refractivity contribution in [1.29, 1.82) is 0 Å². The summed E-state index contributed by atoms with van der Waals surface area (Å²) < 4.78 is 13.3. The first-order valence-electron chi connectivity index (χ1n) is 11.9. The van der Waals surface area contributed by atoms with Gasteiger partial charge in [-0.2, -0.15) is 0 Å². The van der Waals surface area contributed by atoms with Crippen molar-refractivity contribution in [2.75, 3.05) is 0 Å². The van der Waals surface area contributed by atoms with Crippen LogP contribution in [0.2, 0.25) is 10.0 Å². The zero-order valence-electron chi connectivity index (χ0n) is 21.9. The molecule has 0 N–H and O–H groups in total. The number of rotatable bonds is 3. The number of fused-ring (bicyclic) bond motifs is 2. The van der Waals surface area contributed by atoms with Crippen LogP contribution in [-0.4, -0.2) is 18.2 Å². The minimum atomic E-state index is -0.828. The standard InChI is InChI=1S/C22H2Br12O3.C7H4Cl2O/c23-5-1-3-7(13(27)11(5)25)15(29)19(33)17(31)9(3)21(35)37-22(36)10-4-2-6(24)12(26)14(28)8(4)16(30)20(34)18(10)32;8-6-2-1-3-7(9)5(6)4-10/h1-2H;1-4H. The second-order valence-electron chi connectivity index (χ2n) is 8.88. The van der Waals surface area contributed by atoms with Gasteiger partial charge in [-0.15, -0.1) is 0 Å². The van der Waals surface area contributed by atoms with Crippen LogP contribution in [-0.2, 0) is 4.74 Å². The van der Waals surface area contributed by atoms with Crippen molar-refractivity contribution in [1.82, 2.24) is 0 Å². The zero-order chi connectivity index (χ0) is 35.2. The highest BCUT2D eigenvalue weighted by molar-refractivity contribution is 9.16. The molecule has 0 aliphatic rings. The van der Waals surface area contributed by atoms with Crippen LogP contribution in [0, 0.1) is 0 Å². The van der Waals surface area contributed by atoms with Crippen molar-refractivity contribution in [3.63, 3.8) is 0 Å².